The maximum Gasteiger partial charge on any atom is 0.224 e. The quantitative estimate of drug-likeness (QED) is 0.939. The maximum absolute atomic E-state index is 11.8. The van der Waals surface area contributed by atoms with E-state index in [9.17, 15) is 4.79 Å². The standard InChI is InChI=1S/C15H15NO3S/c17-15(7-11-5-6-20-10-11)16-8-12-9-18-13-3-1-2-4-14(13)19-12/h1-6,10,12H,7-9H2,(H,16,17)/t12-/m1/s1. The van der Waals surface area contributed by atoms with Gasteiger partial charge in [0.2, 0.25) is 5.91 Å². The van der Waals surface area contributed by atoms with Crippen LogP contribution in [0.5, 0.6) is 11.5 Å². The minimum atomic E-state index is -0.142. The average molecular weight is 289 g/mol. The Labute approximate surface area is 121 Å². The van der Waals surface area contributed by atoms with Crippen molar-refractivity contribution in [3.05, 3.63) is 46.7 Å². The number of rotatable bonds is 4. The average Bonchev–Trinajstić information content (AvgIpc) is 2.98. The second-order valence-electron chi connectivity index (χ2n) is 4.61. The van der Waals surface area contributed by atoms with E-state index in [0.717, 1.165) is 17.1 Å². The van der Waals surface area contributed by atoms with Crippen LogP contribution in [0, 0.1) is 0 Å². The van der Waals surface area contributed by atoms with E-state index in [1.807, 2.05) is 41.1 Å². The third-order valence-electron chi connectivity index (χ3n) is 3.04. The molecule has 1 amide bonds. The molecule has 0 saturated carbocycles. The first kappa shape index (κ1) is 13.0. The predicted octanol–water partition coefficient (Wildman–Crippen LogP) is 2.25. The number of benzene rings is 1. The molecular weight excluding hydrogens is 274 g/mol. The maximum atomic E-state index is 11.8. The molecule has 0 unspecified atom stereocenters. The van der Waals surface area contributed by atoms with Crippen molar-refractivity contribution in [3.63, 3.8) is 0 Å². The van der Waals surface area contributed by atoms with Crippen molar-refractivity contribution >= 4 is 17.2 Å². The first-order valence-corrected chi connectivity index (χ1v) is 7.42. The highest BCUT2D eigenvalue weighted by molar-refractivity contribution is 7.07. The highest BCUT2D eigenvalue weighted by Gasteiger charge is 2.20. The van der Waals surface area contributed by atoms with Crippen LogP contribution < -0.4 is 14.8 Å². The zero-order chi connectivity index (χ0) is 13.8. The van der Waals surface area contributed by atoms with Crippen molar-refractivity contribution in [1.82, 2.24) is 5.32 Å². The van der Waals surface area contributed by atoms with E-state index in [4.69, 9.17) is 9.47 Å². The molecule has 0 aliphatic carbocycles. The van der Waals surface area contributed by atoms with Gasteiger partial charge in [0.1, 0.15) is 12.7 Å². The van der Waals surface area contributed by atoms with Gasteiger partial charge in [0.05, 0.1) is 13.0 Å². The molecule has 1 atom stereocenters. The summed E-state index contributed by atoms with van der Waals surface area (Å²) in [5.41, 5.74) is 1.04. The smallest absolute Gasteiger partial charge is 0.224 e. The Bertz CT molecular complexity index is 583. The van der Waals surface area contributed by atoms with E-state index in [1.165, 1.54) is 0 Å². The van der Waals surface area contributed by atoms with Crippen LogP contribution in [0.1, 0.15) is 5.56 Å². The molecule has 1 aliphatic heterocycles. The van der Waals surface area contributed by atoms with E-state index in [-0.39, 0.29) is 12.0 Å². The van der Waals surface area contributed by atoms with Gasteiger partial charge in [0.25, 0.3) is 0 Å². The van der Waals surface area contributed by atoms with Gasteiger partial charge in [-0.05, 0) is 34.5 Å². The molecule has 0 fully saturated rings. The van der Waals surface area contributed by atoms with Crippen molar-refractivity contribution in [2.75, 3.05) is 13.2 Å². The Morgan fingerprint density at radius 1 is 1.30 bits per heavy atom. The van der Waals surface area contributed by atoms with Gasteiger partial charge in [0.15, 0.2) is 11.5 Å². The van der Waals surface area contributed by atoms with Gasteiger partial charge < -0.3 is 14.8 Å². The second kappa shape index (κ2) is 5.96. The van der Waals surface area contributed by atoms with Crippen LogP contribution >= 0.6 is 11.3 Å². The van der Waals surface area contributed by atoms with E-state index in [1.54, 1.807) is 11.3 Å². The lowest BCUT2D eigenvalue weighted by molar-refractivity contribution is -0.120. The van der Waals surface area contributed by atoms with Crippen molar-refractivity contribution in [3.8, 4) is 11.5 Å². The van der Waals surface area contributed by atoms with Crippen LogP contribution in [-0.4, -0.2) is 25.2 Å². The van der Waals surface area contributed by atoms with E-state index in [2.05, 4.69) is 5.32 Å². The number of thiophene rings is 1. The minimum absolute atomic E-state index is 0.00542. The summed E-state index contributed by atoms with van der Waals surface area (Å²) in [7, 11) is 0. The van der Waals surface area contributed by atoms with Gasteiger partial charge in [-0.25, -0.2) is 0 Å². The first-order valence-electron chi connectivity index (χ1n) is 6.47. The fraction of sp³-hybridized carbons (Fsp3) is 0.267. The molecule has 1 aromatic carbocycles. The number of hydrogen-bond acceptors (Lipinski definition) is 4. The minimum Gasteiger partial charge on any atom is -0.486 e. The third-order valence-corrected chi connectivity index (χ3v) is 3.77. The molecule has 20 heavy (non-hydrogen) atoms. The van der Waals surface area contributed by atoms with Gasteiger partial charge in [0, 0.05) is 0 Å². The second-order valence-corrected chi connectivity index (χ2v) is 5.39. The zero-order valence-corrected chi connectivity index (χ0v) is 11.7. The summed E-state index contributed by atoms with van der Waals surface area (Å²) in [5, 5.41) is 6.83. The molecule has 2 aromatic rings. The van der Waals surface area contributed by atoms with E-state index in [0.29, 0.717) is 19.6 Å². The Morgan fingerprint density at radius 2 is 2.15 bits per heavy atom. The number of fused-ring (bicyclic) bond motifs is 1. The van der Waals surface area contributed by atoms with Crippen LogP contribution in [0.25, 0.3) is 0 Å². The lowest BCUT2D eigenvalue weighted by atomic mass is 10.2. The number of hydrogen-bond donors (Lipinski definition) is 1. The molecular formula is C15H15NO3S. The summed E-state index contributed by atoms with van der Waals surface area (Å²) in [4.78, 5) is 11.8. The van der Waals surface area contributed by atoms with E-state index < -0.39 is 0 Å². The van der Waals surface area contributed by atoms with Gasteiger partial charge in [-0.1, -0.05) is 12.1 Å². The monoisotopic (exact) mass is 289 g/mol. The molecule has 3 rings (SSSR count). The van der Waals surface area contributed by atoms with Crippen molar-refractivity contribution in [1.29, 1.82) is 0 Å². The van der Waals surface area contributed by atoms with Crippen molar-refractivity contribution in [2.24, 2.45) is 0 Å². The normalized spacial score (nSPS) is 16.7. The first-order chi connectivity index (χ1) is 9.81. The van der Waals surface area contributed by atoms with Gasteiger partial charge >= 0.3 is 0 Å². The zero-order valence-electron chi connectivity index (χ0n) is 10.9. The van der Waals surface area contributed by atoms with Crippen LogP contribution in [0.2, 0.25) is 0 Å². The summed E-state index contributed by atoms with van der Waals surface area (Å²) >= 11 is 1.60. The molecule has 0 saturated heterocycles. The summed E-state index contributed by atoms with van der Waals surface area (Å²) in [6.45, 7) is 0.910. The Hall–Kier alpha value is -2.01. The molecule has 4 nitrogen and oxygen atoms in total. The molecule has 5 heteroatoms. The molecule has 0 radical (unpaired) electrons. The number of para-hydroxylation sites is 2. The third kappa shape index (κ3) is 3.11. The largest absolute Gasteiger partial charge is 0.486 e. The number of carbonyl (C=O) groups is 1. The Kier molecular flexibility index (Phi) is 3.87. The fourth-order valence-electron chi connectivity index (χ4n) is 2.03. The summed E-state index contributed by atoms with van der Waals surface area (Å²) < 4.78 is 11.4. The van der Waals surface area contributed by atoms with Gasteiger partial charge in [-0.3, -0.25) is 4.79 Å². The van der Waals surface area contributed by atoms with Crippen LogP contribution in [0.3, 0.4) is 0 Å². The fourth-order valence-corrected chi connectivity index (χ4v) is 2.70. The van der Waals surface area contributed by atoms with Crippen molar-refractivity contribution < 1.29 is 14.3 Å². The lowest BCUT2D eigenvalue weighted by Crippen LogP contribution is -2.41. The van der Waals surface area contributed by atoms with Crippen LogP contribution in [-0.2, 0) is 11.2 Å². The highest BCUT2D eigenvalue weighted by atomic mass is 32.1. The molecule has 0 spiro atoms. The van der Waals surface area contributed by atoms with Gasteiger partial charge in [-0.15, -0.1) is 0 Å². The summed E-state index contributed by atoms with van der Waals surface area (Å²) in [6.07, 6.45) is 0.268. The molecule has 2 heterocycles. The van der Waals surface area contributed by atoms with Crippen LogP contribution in [0.4, 0.5) is 0 Å². The van der Waals surface area contributed by atoms with Crippen molar-refractivity contribution in [2.45, 2.75) is 12.5 Å². The lowest BCUT2D eigenvalue weighted by Gasteiger charge is -2.26. The number of carbonyl (C=O) groups excluding carboxylic acids is 1. The number of amides is 1. The highest BCUT2D eigenvalue weighted by Crippen LogP contribution is 2.30. The SMILES string of the molecule is O=C(Cc1ccsc1)NC[C@@H]1COc2ccccc2O1. The topological polar surface area (TPSA) is 47.6 Å². The van der Waals surface area contributed by atoms with Crippen LogP contribution in [0.15, 0.2) is 41.1 Å². The molecule has 104 valence electrons. The van der Waals surface area contributed by atoms with Gasteiger partial charge in [-0.2, -0.15) is 11.3 Å². The molecule has 0 bridgehead atoms. The summed E-state index contributed by atoms with van der Waals surface area (Å²) in [6, 6.07) is 9.51. The predicted molar refractivity (Wildman–Crippen MR) is 77.4 cm³/mol. The number of nitrogens with one attached hydrogen (secondary N) is 1. The number of ether oxygens (including phenoxy) is 2. The summed E-state index contributed by atoms with van der Waals surface area (Å²) in [5.74, 6) is 1.50. The Morgan fingerprint density at radius 3 is 2.95 bits per heavy atom. The Balaban J connectivity index is 1.49. The molecule has 1 aromatic heterocycles. The molecule has 1 N–H and O–H groups in total. The van der Waals surface area contributed by atoms with E-state index >= 15 is 0 Å². The molecule has 1 aliphatic rings.